The Hall–Kier alpha value is -0.350. The maximum Gasteiger partial charge on any atom is 0.141 e. The number of hydrogen-bond acceptors (Lipinski definition) is 2. The van der Waals surface area contributed by atoms with Gasteiger partial charge in [0, 0.05) is 0 Å². The van der Waals surface area contributed by atoms with Crippen molar-refractivity contribution in [2.45, 2.75) is 26.0 Å². The van der Waals surface area contributed by atoms with Gasteiger partial charge < -0.3 is 10.8 Å². The van der Waals surface area contributed by atoms with E-state index >= 15 is 0 Å². The van der Waals surface area contributed by atoms with Crippen LogP contribution in [0.2, 0.25) is 5.02 Å². The lowest BCUT2D eigenvalue weighted by Crippen LogP contribution is -2.30. The molecular weight excluding hydrogens is 252 g/mol. The highest BCUT2D eigenvalue weighted by Crippen LogP contribution is 2.23. The quantitative estimate of drug-likeness (QED) is 0.885. The van der Waals surface area contributed by atoms with Crippen molar-refractivity contribution < 1.29 is 9.50 Å². The van der Waals surface area contributed by atoms with Crippen LogP contribution in [0.5, 0.6) is 0 Å². The van der Waals surface area contributed by atoms with E-state index in [1.165, 1.54) is 18.2 Å². The molecule has 0 radical (unpaired) electrons. The van der Waals surface area contributed by atoms with E-state index in [9.17, 15) is 9.50 Å². The molecule has 0 saturated carbocycles. The largest absolute Gasteiger partial charge is 0.391 e. The van der Waals surface area contributed by atoms with Crippen molar-refractivity contribution in [3.05, 3.63) is 34.6 Å². The van der Waals surface area contributed by atoms with Crippen LogP contribution in [0.25, 0.3) is 0 Å². The maximum absolute atomic E-state index is 12.9. The normalized spacial score (nSPS) is 14.4. The van der Waals surface area contributed by atoms with Gasteiger partial charge in [-0.05, 0) is 23.6 Å². The number of aliphatic hydroxyl groups is 1. The molecule has 1 rings (SSSR count). The van der Waals surface area contributed by atoms with Crippen LogP contribution in [0.1, 0.15) is 25.5 Å². The lowest BCUT2D eigenvalue weighted by molar-refractivity contribution is 0.0979. The molecule has 92 valence electrons. The number of nitrogens with two attached hydrogens (primary N) is 1. The Labute approximate surface area is 106 Å². The van der Waals surface area contributed by atoms with E-state index in [-0.39, 0.29) is 23.3 Å². The van der Waals surface area contributed by atoms with E-state index in [1.54, 1.807) is 0 Å². The number of hydrogen-bond donors (Lipinski definition) is 2. The van der Waals surface area contributed by atoms with Gasteiger partial charge in [0.1, 0.15) is 5.82 Å². The molecule has 5 heteroatoms. The molecule has 2 atom stereocenters. The molecule has 0 aliphatic carbocycles. The summed E-state index contributed by atoms with van der Waals surface area (Å²) in [5.74, 6) is -0.435. The van der Waals surface area contributed by atoms with Crippen LogP contribution in [0.15, 0.2) is 18.2 Å². The summed E-state index contributed by atoms with van der Waals surface area (Å²) in [6.07, 6.45) is -0.661. The summed E-state index contributed by atoms with van der Waals surface area (Å²) in [5, 5.41) is 9.77. The first kappa shape index (κ1) is 15.7. The Morgan fingerprint density at radius 1 is 1.38 bits per heavy atom. The Kier molecular flexibility index (Phi) is 6.26. The van der Waals surface area contributed by atoms with Crippen molar-refractivity contribution in [3.63, 3.8) is 0 Å². The summed E-state index contributed by atoms with van der Waals surface area (Å²) in [4.78, 5) is 0. The molecule has 2 nitrogen and oxygen atoms in total. The predicted molar refractivity (Wildman–Crippen MR) is 66.4 cm³/mol. The Balaban J connectivity index is 0.00000225. The minimum atomic E-state index is -0.661. The van der Waals surface area contributed by atoms with Gasteiger partial charge in [0.25, 0.3) is 0 Å². The highest BCUT2D eigenvalue weighted by molar-refractivity contribution is 6.30. The van der Waals surface area contributed by atoms with Gasteiger partial charge >= 0.3 is 0 Å². The third kappa shape index (κ3) is 3.59. The molecule has 0 aliphatic heterocycles. The fraction of sp³-hybridized carbons (Fsp3) is 0.455. The van der Waals surface area contributed by atoms with Crippen LogP contribution in [-0.4, -0.2) is 11.2 Å². The van der Waals surface area contributed by atoms with Gasteiger partial charge in [-0.15, -0.1) is 12.4 Å². The molecule has 0 aliphatic rings. The van der Waals surface area contributed by atoms with E-state index in [0.29, 0.717) is 5.56 Å². The molecule has 16 heavy (non-hydrogen) atoms. The van der Waals surface area contributed by atoms with Crippen LogP contribution in [0.3, 0.4) is 0 Å². The molecule has 3 N–H and O–H groups in total. The number of rotatable bonds is 3. The SMILES string of the molecule is CC(C)[C@H](O)[C@H](N)c1ccc(F)c(Cl)c1.Cl. The summed E-state index contributed by atoms with van der Waals surface area (Å²) in [5.41, 5.74) is 6.47. The molecule has 0 aromatic heterocycles. The third-order valence-corrected chi connectivity index (χ3v) is 2.67. The second-order valence-corrected chi connectivity index (χ2v) is 4.34. The van der Waals surface area contributed by atoms with E-state index < -0.39 is 18.0 Å². The first-order valence-electron chi connectivity index (χ1n) is 4.82. The van der Waals surface area contributed by atoms with Crippen molar-refractivity contribution in [3.8, 4) is 0 Å². The van der Waals surface area contributed by atoms with Crippen molar-refractivity contribution in [2.75, 3.05) is 0 Å². The predicted octanol–water partition coefficient (Wildman–Crippen LogP) is 2.92. The van der Waals surface area contributed by atoms with Crippen LogP contribution in [0, 0.1) is 11.7 Å². The van der Waals surface area contributed by atoms with Crippen LogP contribution in [0.4, 0.5) is 4.39 Å². The minimum absolute atomic E-state index is 0. The summed E-state index contributed by atoms with van der Waals surface area (Å²) in [6.45, 7) is 3.74. The molecule has 0 heterocycles. The van der Waals surface area contributed by atoms with E-state index in [4.69, 9.17) is 17.3 Å². The molecule has 0 bridgehead atoms. The zero-order chi connectivity index (χ0) is 11.6. The Bertz CT molecular complexity index is 347. The molecule has 0 amide bonds. The van der Waals surface area contributed by atoms with Crippen LogP contribution in [-0.2, 0) is 0 Å². The fourth-order valence-corrected chi connectivity index (χ4v) is 1.52. The van der Waals surface area contributed by atoms with Gasteiger partial charge in [-0.1, -0.05) is 31.5 Å². The van der Waals surface area contributed by atoms with Crippen molar-refractivity contribution in [2.24, 2.45) is 11.7 Å². The fourth-order valence-electron chi connectivity index (χ4n) is 1.33. The van der Waals surface area contributed by atoms with Crippen molar-refractivity contribution >= 4 is 24.0 Å². The molecule has 1 aromatic carbocycles. The van der Waals surface area contributed by atoms with Gasteiger partial charge in [0.2, 0.25) is 0 Å². The zero-order valence-corrected chi connectivity index (χ0v) is 10.7. The van der Waals surface area contributed by atoms with Gasteiger partial charge in [-0.2, -0.15) is 0 Å². The van der Waals surface area contributed by atoms with E-state index in [1.807, 2.05) is 13.8 Å². The van der Waals surface area contributed by atoms with Crippen LogP contribution < -0.4 is 5.73 Å². The summed E-state index contributed by atoms with van der Waals surface area (Å²) < 4.78 is 12.9. The lowest BCUT2D eigenvalue weighted by atomic mass is 9.94. The number of aliphatic hydroxyl groups excluding tert-OH is 1. The molecule has 0 fully saturated rings. The van der Waals surface area contributed by atoms with Crippen molar-refractivity contribution in [1.82, 2.24) is 0 Å². The van der Waals surface area contributed by atoms with Gasteiger partial charge in [0.15, 0.2) is 0 Å². The lowest BCUT2D eigenvalue weighted by Gasteiger charge is -2.22. The average Bonchev–Trinajstić information content (AvgIpc) is 2.19. The minimum Gasteiger partial charge on any atom is -0.391 e. The van der Waals surface area contributed by atoms with Gasteiger partial charge in [0.05, 0.1) is 17.2 Å². The zero-order valence-electron chi connectivity index (χ0n) is 9.15. The summed E-state index contributed by atoms with van der Waals surface area (Å²) in [7, 11) is 0. The van der Waals surface area contributed by atoms with E-state index in [2.05, 4.69) is 0 Å². The number of benzene rings is 1. The van der Waals surface area contributed by atoms with Crippen LogP contribution >= 0.6 is 24.0 Å². The van der Waals surface area contributed by atoms with E-state index in [0.717, 1.165) is 0 Å². The molecule has 0 unspecified atom stereocenters. The summed E-state index contributed by atoms with van der Waals surface area (Å²) in [6, 6.07) is 3.71. The highest BCUT2D eigenvalue weighted by Gasteiger charge is 2.20. The smallest absolute Gasteiger partial charge is 0.141 e. The summed E-state index contributed by atoms with van der Waals surface area (Å²) >= 11 is 5.63. The number of halogens is 3. The molecule has 0 spiro atoms. The van der Waals surface area contributed by atoms with Crippen molar-refractivity contribution in [1.29, 1.82) is 0 Å². The van der Waals surface area contributed by atoms with Gasteiger partial charge in [-0.25, -0.2) is 4.39 Å². The topological polar surface area (TPSA) is 46.2 Å². The average molecular weight is 268 g/mol. The third-order valence-electron chi connectivity index (χ3n) is 2.38. The molecule has 1 aromatic rings. The Morgan fingerprint density at radius 2 is 1.94 bits per heavy atom. The van der Waals surface area contributed by atoms with Gasteiger partial charge in [-0.3, -0.25) is 0 Å². The first-order chi connectivity index (χ1) is 6.93. The first-order valence-corrected chi connectivity index (χ1v) is 5.20. The Morgan fingerprint density at radius 3 is 2.38 bits per heavy atom. The molecule has 0 saturated heterocycles. The maximum atomic E-state index is 12.9. The standard InChI is InChI=1S/C11H15ClFNO.ClH/c1-6(2)11(15)10(14)7-3-4-9(13)8(12)5-7;/h3-6,10-11,15H,14H2,1-2H3;1H/t10-,11+;/m1./s1. The second kappa shape index (κ2) is 6.40. The monoisotopic (exact) mass is 267 g/mol. The molecular formula is C11H16Cl2FNO. The second-order valence-electron chi connectivity index (χ2n) is 3.93. The highest BCUT2D eigenvalue weighted by atomic mass is 35.5.